The molecule has 0 bridgehead atoms. The van der Waals surface area contributed by atoms with Crippen LogP contribution in [0.3, 0.4) is 0 Å². The zero-order valence-electron chi connectivity index (χ0n) is 16.2. The van der Waals surface area contributed by atoms with Crippen LogP contribution < -0.4 is 0 Å². The van der Waals surface area contributed by atoms with E-state index >= 15 is 0 Å². The number of fused-ring (bicyclic) bond motifs is 1. The van der Waals surface area contributed by atoms with Gasteiger partial charge in [0.2, 0.25) is 0 Å². The van der Waals surface area contributed by atoms with E-state index in [1.165, 1.54) is 49.9 Å². The Kier molecular flexibility index (Phi) is 4.80. The maximum Gasteiger partial charge on any atom is 0.0781 e. The van der Waals surface area contributed by atoms with E-state index in [4.69, 9.17) is 4.99 Å². The zero-order valence-corrected chi connectivity index (χ0v) is 16.2. The Labute approximate surface area is 167 Å². The Morgan fingerprint density at radius 1 is 0.786 bits per heavy atom. The Morgan fingerprint density at radius 2 is 1.46 bits per heavy atom. The third-order valence-corrected chi connectivity index (χ3v) is 6.13. The molecular weight excluding hydrogens is 340 g/mol. The number of likely N-dealkylation sites (tertiary alicyclic amines) is 1. The lowest BCUT2D eigenvalue weighted by Crippen LogP contribution is -2.47. The van der Waals surface area contributed by atoms with Crippen molar-refractivity contribution in [2.75, 3.05) is 13.1 Å². The summed E-state index contributed by atoms with van der Waals surface area (Å²) in [6, 6.07) is 28.6. The molecule has 0 spiro atoms. The Morgan fingerprint density at radius 3 is 2.07 bits per heavy atom. The van der Waals surface area contributed by atoms with Crippen molar-refractivity contribution in [2.24, 2.45) is 4.99 Å². The smallest absolute Gasteiger partial charge is 0.0781 e. The van der Waals surface area contributed by atoms with E-state index < -0.39 is 0 Å². The van der Waals surface area contributed by atoms with Crippen molar-refractivity contribution in [3.63, 3.8) is 0 Å². The lowest BCUT2D eigenvalue weighted by molar-refractivity contribution is 0.107. The maximum absolute atomic E-state index is 5.09. The monoisotopic (exact) mass is 366 g/mol. The van der Waals surface area contributed by atoms with Gasteiger partial charge in [-0.3, -0.25) is 4.90 Å². The van der Waals surface area contributed by atoms with Crippen LogP contribution in [0.1, 0.15) is 35.1 Å². The number of hydrogen-bond acceptors (Lipinski definition) is 2. The molecule has 0 radical (unpaired) electrons. The number of rotatable bonds is 4. The standard InChI is InChI=1S/C26H26N2/c1-3-8-20(9-4-1)26(21-10-5-2-6-11-21)27-24-14-12-23-19-25(28-16-7-17-28)15-13-22(23)18-24/h1-6,8-12,14,18,25H,7,13,15-17,19H2. The van der Waals surface area contributed by atoms with Crippen molar-refractivity contribution in [2.45, 2.75) is 31.7 Å². The van der Waals surface area contributed by atoms with Crippen LogP contribution >= 0.6 is 0 Å². The van der Waals surface area contributed by atoms with Gasteiger partial charge in [-0.25, -0.2) is 4.99 Å². The maximum atomic E-state index is 5.09. The lowest BCUT2D eigenvalue weighted by Gasteiger charge is -2.40. The van der Waals surface area contributed by atoms with Crippen LogP contribution in [-0.4, -0.2) is 29.7 Å². The van der Waals surface area contributed by atoms with E-state index in [-0.39, 0.29) is 0 Å². The number of benzene rings is 3. The van der Waals surface area contributed by atoms with Gasteiger partial charge in [-0.2, -0.15) is 0 Å². The average Bonchev–Trinajstić information content (AvgIpc) is 2.72. The van der Waals surface area contributed by atoms with Crippen LogP contribution in [0.2, 0.25) is 0 Å². The van der Waals surface area contributed by atoms with Crippen molar-refractivity contribution >= 4 is 11.4 Å². The molecule has 3 aromatic rings. The molecule has 1 aliphatic heterocycles. The summed E-state index contributed by atoms with van der Waals surface area (Å²) in [7, 11) is 0. The number of aliphatic imine (C=N–C) groups is 1. The third-order valence-electron chi connectivity index (χ3n) is 6.13. The predicted octanol–water partition coefficient (Wildman–Crippen LogP) is 5.42. The molecule has 2 aliphatic rings. The quantitative estimate of drug-likeness (QED) is 0.563. The molecule has 1 aliphatic carbocycles. The first-order valence-electron chi connectivity index (χ1n) is 10.4. The van der Waals surface area contributed by atoms with Gasteiger partial charge in [0.05, 0.1) is 11.4 Å². The lowest BCUT2D eigenvalue weighted by atomic mass is 9.86. The SMILES string of the molecule is c1ccc(C(=Nc2ccc3c(c2)CCC(N2CCC2)C3)c2ccccc2)cc1. The molecule has 0 saturated carbocycles. The molecule has 2 heteroatoms. The summed E-state index contributed by atoms with van der Waals surface area (Å²) < 4.78 is 0. The van der Waals surface area contributed by atoms with Gasteiger partial charge in [0.15, 0.2) is 0 Å². The van der Waals surface area contributed by atoms with E-state index in [0.29, 0.717) is 0 Å². The van der Waals surface area contributed by atoms with Crippen molar-refractivity contribution in [1.29, 1.82) is 0 Å². The van der Waals surface area contributed by atoms with Gasteiger partial charge in [-0.15, -0.1) is 0 Å². The van der Waals surface area contributed by atoms with E-state index in [0.717, 1.165) is 28.6 Å². The summed E-state index contributed by atoms with van der Waals surface area (Å²) in [6.45, 7) is 2.58. The van der Waals surface area contributed by atoms with Crippen molar-refractivity contribution in [3.8, 4) is 0 Å². The molecule has 0 aromatic heterocycles. The first kappa shape index (κ1) is 17.4. The van der Waals surface area contributed by atoms with Gasteiger partial charge < -0.3 is 0 Å². The highest BCUT2D eigenvalue weighted by Gasteiger charge is 2.27. The van der Waals surface area contributed by atoms with Gasteiger partial charge in [-0.1, -0.05) is 66.7 Å². The van der Waals surface area contributed by atoms with Gasteiger partial charge >= 0.3 is 0 Å². The number of nitrogens with zero attached hydrogens (tertiary/aromatic N) is 2. The van der Waals surface area contributed by atoms with Gasteiger partial charge in [0.1, 0.15) is 0 Å². The summed E-state index contributed by atoms with van der Waals surface area (Å²) in [5.41, 5.74) is 7.41. The molecule has 3 aromatic carbocycles. The largest absolute Gasteiger partial charge is 0.300 e. The van der Waals surface area contributed by atoms with Gasteiger partial charge in [0, 0.05) is 17.2 Å². The fraction of sp³-hybridized carbons (Fsp3) is 0.269. The van der Waals surface area contributed by atoms with Gasteiger partial charge in [-0.05, 0) is 62.0 Å². The van der Waals surface area contributed by atoms with E-state index in [1.54, 1.807) is 0 Å². The van der Waals surface area contributed by atoms with Crippen LogP contribution in [0, 0.1) is 0 Å². The van der Waals surface area contributed by atoms with Crippen LogP contribution in [0.25, 0.3) is 0 Å². The minimum Gasteiger partial charge on any atom is -0.300 e. The second-order valence-corrected chi connectivity index (χ2v) is 7.93. The minimum absolute atomic E-state index is 0.750. The fourth-order valence-electron chi connectivity index (χ4n) is 4.43. The van der Waals surface area contributed by atoms with Gasteiger partial charge in [0.25, 0.3) is 0 Å². The Hall–Kier alpha value is -2.71. The van der Waals surface area contributed by atoms with E-state index in [1.807, 2.05) is 0 Å². The highest BCUT2D eigenvalue weighted by molar-refractivity contribution is 6.13. The van der Waals surface area contributed by atoms with Crippen LogP contribution in [0.5, 0.6) is 0 Å². The number of aryl methyl sites for hydroxylation is 1. The third kappa shape index (κ3) is 3.53. The highest BCUT2D eigenvalue weighted by Crippen LogP contribution is 2.30. The molecule has 1 saturated heterocycles. The topological polar surface area (TPSA) is 15.6 Å². The van der Waals surface area contributed by atoms with Crippen molar-refractivity contribution in [3.05, 3.63) is 101 Å². The minimum atomic E-state index is 0.750. The molecule has 1 unspecified atom stereocenters. The molecule has 28 heavy (non-hydrogen) atoms. The molecule has 140 valence electrons. The summed E-state index contributed by atoms with van der Waals surface area (Å²) in [6.07, 6.45) is 5.03. The fourth-order valence-corrected chi connectivity index (χ4v) is 4.43. The second-order valence-electron chi connectivity index (χ2n) is 7.93. The first-order chi connectivity index (χ1) is 13.9. The molecule has 1 heterocycles. The summed E-state index contributed by atoms with van der Waals surface area (Å²) in [4.78, 5) is 7.75. The highest BCUT2D eigenvalue weighted by atomic mass is 15.2. The summed E-state index contributed by atoms with van der Waals surface area (Å²) in [5.74, 6) is 0. The van der Waals surface area contributed by atoms with Crippen molar-refractivity contribution < 1.29 is 0 Å². The predicted molar refractivity (Wildman–Crippen MR) is 117 cm³/mol. The van der Waals surface area contributed by atoms with Crippen LogP contribution in [0.4, 0.5) is 5.69 Å². The summed E-state index contributed by atoms with van der Waals surface area (Å²) in [5, 5.41) is 0. The normalized spacial score (nSPS) is 18.8. The Balaban J connectivity index is 1.48. The van der Waals surface area contributed by atoms with Crippen LogP contribution in [-0.2, 0) is 12.8 Å². The zero-order chi connectivity index (χ0) is 18.8. The average molecular weight is 367 g/mol. The Bertz CT molecular complexity index is 930. The molecule has 0 amide bonds. The molecule has 0 N–H and O–H groups in total. The molecule has 1 fully saturated rings. The molecule has 5 rings (SSSR count). The van der Waals surface area contributed by atoms with E-state index in [9.17, 15) is 0 Å². The first-order valence-corrected chi connectivity index (χ1v) is 10.4. The van der Waals surface area contributed by atoms with E-state index in [2.05, 4.69) is 83.8 Å². The molecule has 2 nitrogen and oxygen atoms in total. The van der Waals surface area contributed by atoms with Crippen molar-refractivity contribution in [1.82, 2.24) is 4.90 Å². The second kappa shape index (κ2) is 7.73. The molecular formula is C26H26N2. The van der Waals surface area contributed by atoms with Crippen LogP contribution in [0.15, 0.2) is 83.9 Å². The summed E-state index contributed by atoms with van der Waals surface area (Å²) >= 11 is 0. The number of hydrogen-bond donors (Lipinski definition) is 0. The molecule has 1 atom stereocenters.